The number of nitrogens with one attached hydrogen (secondary N) is 3. The Balaban J connectivity index is 1.44. The van der Waals surface area contributed by atoms with Crippen molar-refractivity contribution < 1.29 is 4.39 Å². The molecular formula is C18H16FN5. The summed E-state index contributed by atoms with van der Waals surface area (Å²) in [7, 11) is 0. The minimum Gasteiger partial charge on any atom is -0.365 e. The zero-order valence-electron chi connectivity index (χ0n) is 12.9. The molecule has 0 saturated heterocycles. The number of fused-ring (bicyclic) bond motifs is 1. The van der Waals surface area contributed by atoms with Crippen LogP contribution in [-0.2, 0) is 13.0 Å². The predicted octanol–water partition coefficient (Wildman–Crippen LogP) is 3.63. The predicted molar refractivity (Wildman–Crippen MR) is 91.2 cm³/mol. The van der Waals surface area contributed by atoms with E-state index < -0.39 is 0 Å². The number of aromatic nitrogens is 4. The van der Waals surface area contributed by atoms with E-state index in [-0.39, 0.29) is 5.82 Å². The van der Waals surface area contributed by atoms with Crippen LogP contribution in [0.4, 0.5) is 10.2 Å². The molecular weight excluding hydrogens is 305 g/mol. The molecule has 4 aromatic rings. The Hall–Kier alpha value is -3.15. The quantitative estimate of drug-likeness (QED) is 0.526. The first-order valence-electron chi connectivity index (χ1n) is 7.71. The third-order valence-corrected chi connectivity index (χ3v) is 3.94. The summed E-state index contributed by atoms with van der Waals surface area (Å²) >= 11 is 0. The smallest absolute Gasteiger partial charge is 0.148 e. The Bertz CT molecular complexity index is 955. The van der Waals surface area contributed by atoms with Crippen molar-refractivity contribution in [1.29, 1.82) is 0 Å². The second kappa shape index (κ2) is 6.16. The first kappa shape index (κ1) is 14.4. The summed E-state index contributed by atoms with van der Waals surface area (Å²) in [6.45, 7) is 0.599. The van der Waals surface area contributed by atoms with Crippen molar-refractivity contribution in [3.8, 4) is 0 Å². The Morgan fingerprint density at radius 3 is 2.88 bits per heavy atom. The first-order valence-corrected chi connectivity index (χ1v) is 7.71. The summed E-state index contributed by atoms with van der Waals surface area (Å²) in [4.78, 5) is 7.47. The second-order valence-electron chi connectivity index (χ2n) is 5.65. The molecule has 0 bridgehead atoms. The molecule has 0 unspecified atom stereocenters. The van der Waals surface area contributed by atoms with Crippen LogP contribution in [0.5, 0.6) is 0 Å². The minimum absolute atomic E-state index is 0.228. The molecule has 0 aliphatic heterocycles. The van der Waals surface area contributed by atoms with Gasteiger partial charge >= 0.3 is 0 Å². The van der Waals surface area contributed by atoms with Gasteiger partial charge in [0, 0.05) is 42.5 Å². The first-order chi connectivity index (χ1) is 11.8. The van der Waals surface area contributed by atoms with E-state index in [1.165, 1.54) is 17.7 Å². The molecule has 6 heteroatoms. The van der Waals surface area contributed by atoms with Gasteiger partial charge in [0.2, 0.25) is 0 Å². The van der Waals surface area contributed by atoms with Gasteiger partial charge < -0.3 is 10.3 Å². The molecule has 0 radical (unpaired) electrons. The van der Waals surface area contributed by atoms with Gasteiger partial charge in [-0.15, -0.1) is 0 Å². The SMILES string of the molecule is Fc1ccc(CNc2cc(Cc3c[nH]c4ncccc34)[nH]n2)cc1. The van der Waals surface area contributed by atoms with Crippen LogP contribution in [0.3, 0.4) is 0 Å². The molecule has 0 aliphatic carbocycles. The van der Waals surface area contributed by atoms with E-state index >= 15 is 0 Å². The number of anilines is 1. The van der Waals surface area contributed by atoms with Crippen LogP contribution in [0.1, 0.15) is 16.8 Å². The lowest BCUT2D eigenvalue weighted by molar-refractivity contribution is 0.627. The van der Waals surface area contributed by atoms with Gasteiger partial charge in [-0.25, -0.2) is 9.37 Å². The molecule has 0 saturated carbocycles. The monoisotopic (exact) mass is 321 g/mol. The number of benzene rings is 1. The van der Waals surface area contributed by atoms with E-state index in [4.69, 9.17) is 0 Å². The Morgan fingerprint density at radius 1 is 1.12 bits per heavy atom. The highest BCUT2D eigenvalue weighted by Crippen LogP contribution is 2.19. The fraction of sp³-hybridized carbons (Fsp3) is 0.111. The number of hydrogen-bond acceptors (Lipinski definition) is 3. The summed E-state index contributed by atoms with van der Waals surface area (Å²) in [6.07, 6.45) is 4.50. The zero-order valence-corrected chi connectivity index (χ0v) is 12.9. The lowest BCUT2D eigenvalue weighted by atomic mass is 10.1. The van der Waals surface area contributed by atoms with Crippen molar-refractivity contribution in [1.82, 2.24) is 20.2 Å². The summed E-state index contributed by atoms with van der Waals surface area (Å²) in [5.41, 5.74) is 4.08. The standard InChI is InChI=1S/C18H16FN5/c19-14-5-3-12(4-6-14)10-21-17-9-15(23-24-17)8-13-11-22-18-16(13)2-1-7-20-18/h1-7,9,11H,8,10H2,(H,20,22)(H2,21,23,24). The summed E-state index contributed by atoms with van der Waals surface area (Å²) in [6, 6.07) is 12.4. The van der Waals surface area contributed by atoms with Gasteiger partial charge in [0.1, 0.15) is 17.3 Å². The molecule has 3 aromatic heterocycles. The third kappa shape index (κ3) is 2.99. The van der Waals surface area contributed by atoms with Crippen molar-refractivity contribution in [3.63, 3.8) is 0 Å². The Kier molecular flexibility index (Phi) is 3.70. The summed E-state index contributed by atoms with van der Waals surface area (Å²) < 4.78 is 12.9. The molecule has 3 N–H and O–H groups in total. The number of nitrogens with zero attached hydrogens (tertiary/aromatic N) is 2. The lowest BCUT2D eigenvalue weighted by Crippen LogP contribution is -1.99. The second-order valence-corrected chi connectivity index (χ2v) is 5.65. The number of aromatic amines is 2. The van der Waals surface area contributed by atoms with Crippen LogP contribution in [0.25, 0.3) is 11.0 Å². The van der Waals surface area contributed by atoms with E-state index in [0.717, 1.165) is 34.5 Å². The average Bonchev–Trinajstić information content (AvgIpc) is 3.22. The van der Waals surface area contributed by atoms with E-state index in [1.807, 2.05) is 18.3 Å². The Labute approximate surface area is 137 Å². The fourth-order valence-corrected chi connectivity index (χ4v) is 2.70. The topological polar surface area (TPSA) is 69.4 Å². The fourth-order valence-electron chi connectivity index (χ4n) is 2.70. The maximum Gasteiger partial charge on any atom is 0.148 e. The highest BCUT2D eigenvalue weighted by Gasteiger charge is 2.07. The minimum atomic E-state index is -0.228. The molecule has 0 aliphatic rings. The zero-order chi connectivity index (χ0) is 16.4. The van der Waals surface area contributed by atoms with Gasteiger partial charge in [0.05, 0.1) is 0 Å². The summed E-state index contributed by atoms with van der Waals surface area (Å²) in [5, 5.41) is 11.7. The van der Waals surface area contributed by atoms with Crippen LogP contribution in [0.15, 0.2) is 54.9 Å². The van der Waals surface area contributed by atoms with Crippen LogP contribution in [0, 0.1) is 5.82 Å². The molecule has 5 nitrogen and oxygen atoms in total. The molecule has 3 heterocycles. The maximum atomic E-state index is 12.9. The van der Waals surface area contributed by atoms with Crippen molar-refractivity contribution in [2.75, 3.05) is 5.32 Å². The number of H-pyrrole nitrogens is 2. The molecule has 120 valence electrons. The number of pyridine rings is 1. The molecule has 4 rings (SSSR count). The molecule has 1 aromatic carbocycles. The van der Waals surface area contributed by atoms with Gasteiger partial charge in [-0.2, -0.15) is 5.10 Å². The van der Waals surface area contributed by atoms with E-state index in [2.05, 4.69) is 31.5 Å². The molecule has 0 fully saturated rings. The highest BCUT2D eigenvalue weighted by molar-refractivity contribution is 5.79. The molecule has 0 amide bonds. The van der Waals surface area contributed by atoms with Gasteiger partial charge in [-0.05, 0) is 35.4 Å². The lowest BCUT2D eigenvalue weighted by Gasteiger charge is -2.02. The van der Waals surface area contributed by atoms with E-state index in [9.17, 15) is 4.39 Å². The van der Waals surface area contributed by atoms with Crippen molar-refractivity contribution >= 4 is 16.9 Å². The van der Waals surface area contributed by atoms with Crippen LogP contribution < -0.4 is 5.32 Å². The van der Waals surface area contributed by atoms with Crippen molar-refractivity contribution in [2.24, 2.45) is 0 Å². The van der Waals surface area contributed by atoms with Crippen molar-refractivity contribution in [3.05, 3.63) is 77.5 Å². The number of rotatable bonds is 5. The van der Waals surface area contributed by atoms with Crippen LogP contribution in [-0.4, -0.2) is 20.2 Å². The third-order valence-electron chi connectivity index (χ3n) is 3.94. The maximum absolute atomic E-state index is 12.9. The largest absolute Gasteiger partial charge is 0.365 e. The number of hydrogen-bond donors (Lipinski definition) is 3. The molecule has 24 heavy (non-hydrogen) atoms. The van der Waals surface area contributed by atoms with Crippen LogP contribution >= 0.6 is 0 Å². The van der Waals surface area contributed by atoms with E-state index in [1.54, 1.807) is 18.3 Å². The molecule has 0 atom stereocenters. The van der Waals surface area contributed by atoms with E-state index in [0.29, 0.717) is 6.54 Å². The number of halogens is 1. The highest BCUT2D eigenvalue weighted by atomic mass is 19.1. The van der Waals surface area contributed by atoms with Gasteiger partial charge in [0.25, 0.3) is 0 Å². The van der Waals surface area contributed by atoms with Crippen LogP contribution in [0.2, 0.25) is 0 Å². The summed E-state index contributed by atoms with van der Waals surface area (Å²) in [5.74, 6) is 0.543. The normalized spacial score (nSPS) is 11.0. The van der Waals surface area contributed by atoms with Crippen molar-refractivity contribution in [2.45, 2.75) is 13.0 Å². The molecule has 0 spiro atoms. The van der Waals surface area contributed by atoms with Gasteiger partial charge in [0.15, 0.2) is 0 Å². The average molecular weight is 321 g/mol. The van der Waals surface area contributed by atoms with Gasteiger partial charge in [-0.1, -0.05) is 12.1 Å². The van der Waals surface area contributed by atoms with Gasteiger partial charge in [-0.3, -0.25) is 5.10 Å². The Morgan fingerprint density at radius 2 is 2.00 bits per heavy atom.